The van der Waals surface area contributed by atoms with Crippen LogP contribution in [-0.2, 0) is 14.4 Å². The molecule has 2 fully saturated rings. The van der Waals surface area contributed by atoms with Gasteiger partial charge in [0.05, 0.1) is 35.0 Å². The van der Waals surface area contributed by atoms with Gasteiger partial charge in [-0.2, -0.15) is 0 Å². The maximum absolute atomic E-state index is 14.1. The lowest BCUT2D eigenvalue weighted by atomic mass is 9.90. The lowest BCUT2D eigenvalue weighted by molar-refractivity contribution is -0.384. The lowest BCUT2D eigenvalue weighted by Gasteiger charge is -2.29. The maximum atomic E-state index is 14.1. The van der Waals surface area contributed by atoms with Gasteiger partial charge >= 0.3 is 5.97 Å². The Morgan fingerprint density at radius 3 is 2.41 bits per heavy atom. The van der Waals surface area contributed by atoms with E-state index in [0.717, 1.165) is 4.90 Å². The summed E-state index contributed by atoms with van der Waals surface area (Å²) < 4.78 is 11.1. The molecule has 0 N–H and O–H groups in total. The van der Waals surface area contributed by atoms with Gasteiger partial charge in [-0.1, -0.05) is 48.0 Å². The fourth-order valence-corrected chi connectivity index (χ4v) is 5.65. The normalized spacial score (nSPS) is 19.2. The van der Waals surface area contributed by atoms with Gasteiger partial charge in [0.15, 0.2) is 17.6 Å². The number of carbonyl (C=O) groups excluding carboxylic acids is 3. The molecular weight excluding hydrogens is 590 g/mol. The molecule has 12 heteroatoms. The van der Waals surface area contributed by atoms with Crippen LogP contribution in [0.2, 0.25) is 5.02 Å². The largest absolute Gasteiger partial charge is 0.493 e. The predicted octanol–water partition coefficient (Wildman–Crippen LogP) is 5.84. The number of non-ortho nitro benzene ring substituents is 1. The molecule has 4 aromatic carbocycles. The Morgan fingerprint density at radius 1 is 0.932 bits per heavy atom. The third-order valence-electron chi connectivity index (χ3n) is 7.63. The van der Waals surface area contributed by atoms with E-state index in [9.17, 15) is 24.5 Å². The van der Waals surface area contributed by atoms with Crippen LogP contribution in [-0.4, -0.2) is 35.9 Å². The molecule has 44 heavy (non-hydrogen) atoms. The summed E-state index contributed by atoms with van der Waals surface area (Å²) in [5, 5.41) is 13.3. The Morgan fingerprint density at radius 2 is 1.68 bits per heavy atom. The topological polar surface area (TPSA) is 129 Å². The zero-order valence-corrected chi connectivity index (χ0v) is 24.1. The van der Waals surface area contributed by atoms with E-state index in [1.54, 1.807) is 73.7 Å². The minimum Gasteiger partial charge on any atom is -0.493 e. The first kappa shape index (κ1) is 28.8. The fourth-order valence-electron chi connectivity index (χ4n) is 5.48. The van der Waals surface area contributed by atoms with Crippen LogP contribution in [0.15, 0.2) is 91.0 Å². The molecule has 0 radical (unpaired) electrons. The number of rotatable bonds is 7. The van der Waals surface area contributed by atoms with Crippen molar-refractivity contribution in [2.45, 2.75) is 19.1 Å². The second-order valence-electron chi connectivity index (χ2n) is 10.2. The Labute approximate surface area is 256 Å². The van der Waals surface area contributed by atoms with Crippen molar-refractivity contribution in [3.63, 3.8) is 0 Å². The molecule has 0 aliphatic carbocycles. The van der Waals surface area contributed by atoms with E-state index in [1.165, 1.54) is 36.4 Å². The first-order valence-corrected chi connectivity index (χ1v) is 13.9. The number of nitro benzene ring substituents is 1. The van der Waals surface area contributed by atoms with Gasteiger partial charge in [-0.05, 0) is 60.5 Å². The van der Waals surface area contributed by atoms with Crippen LogP contribution in [0.25, 0.3) is 0 Å². The van der Waals surface area contributed by atoms with Gasteiger partial charge in [0.1, 0.15) is 5.92 Å². The van der Waals surface area contributed by atoms with E-state index < -0.39 is 40.8 Å². The summed E-state index contributed by atoms with van der Waals surface area (Å²) in [5.74, 6) is -2.43. The van der Waals surface area contributed by atoms with E-state index in [0.29, 0.717) is 27.4 Å². The van der Waals surface area contributed by atoms with Crippen molar-refractivity contribution in [3.05, 3.63) is 123 Å². The summed E-state index contributed by atoms with van der Waals surface area (Å²) in [6.07, 6.45) is -1.23. The zero-order valence-electron chi connectivity index (χ0n) is 23.4. The van der Waals surface area contributed by atoms with E-state index in [4.69, 9.17) is 25.9 Å². The highest BCUT2D eigenvalue weighted by Crippen LogP contribution is 2.49. The number of methoxy groups -OCH3 is 1. The minimum atomic E-state index is -1.23. The maximum Gasteiger partial charge on any atom is 0.343 e. The average Bonchev–Trinajstić information content (AvgIpc) is 3.54. The van der Waals surface area contributed by atoms with Crippen LogP contribution in [0, 0.1) is 23.0 Å². The van der Waals surface area contributed by atoms with Crippen LogP contribution in [0.5, 0.6) is 11.5 Å². The van der Waals surface area contributed by atoms with Crippen LogP contribution >= 0.6 is 11.6 Å². The van der Waals surface area contributed by atoms with Crippen LogP contribution < -0.4 is 19.4 Å². The monoisotopic (exact) mass is 613 g/mol. The number of esters is 1. The first-order valence-electron chi connectivity index (χ1n) is 13.5. The molecule has 0 bridgehead atoms. The quantitative estimate of drug-likeness (QED) is 0.0830. The number of hydroxylamine groups is 1. The van der Waals surface area contributed by atoms with Gasteiger partial charge in [-0.15, -0.1) is 0 Å². The van der Waals surface area contributed by atoms with E-state index >= 15 is 0 Å². The number of carbonyl (C=O) groups is 3. The van der Waals surface area contributed by atoms with Gasteiger partial charge in [-0.25, -0.2) is 14.8 Å². The number of hydrogen-bond acceptors (Lipinski definition) is 9. The molecule has 2 saturated heterocycles. The van der Waals surface area contributed by atoms with Crippen LogP contribution in [0.4, 0.5) is 17.1 Å². The highest BCUT2D eigenvalue weighted by molar-refractivity contribution is 6.32. The third-order valence-corrected chi connectivity index (χ3v) is 8.04. The number of benzene rings is 4. The first-order chi connectivity index (χ1) is 21.2. The predicted molar refractivity (Wildman–Crippen MR) is 160 cm³/mol. The fraction of sp³-hybridized carbons (Fsp3) is 0.156. The molecule has 2 aliphatic rings. The highest BCUT2D eigenvalue weighted by atomic mass is 35.5. The van der Waals surface area contributed by atoms with E-state index in [2.05, 4.69) is 0 Å². The van der Waals surface area contributed by atoms with Crippen molar-refractivity contribution in [1.82, 2.24) is 0 Å². The summed E-state index contributed by atoms with van der Waals surface area (Å²) in [6, 6.07) is 22.9. The molecule has 0 aromatic heterocycles. The Balaban J connectivity index is 1.42. The van der Waals surface area contributed by atoms with Crippen molar-refractivity contribution >= 4 is 46.4 Å². The second kappa shape index (κ2) is 11.4. The van der Waals surface area contributed by atoms with Crippen molar-refractivity contribution in [1.29, 1.82) is 0 Å². The molecule has 6 rings (SSSR count). The summed E-state index contributed by atoms with van der Waals surface area (Å²) in [7, 11) is 1.40. The minimum absolute atomic E-state index is 0.132. The second-order valence-corrected chi connectivity index (χ2v) is 10.6. The van der Waals surface area contributed by atoms with Crippen molar-refractivity contribution in [3.8, 4) is 11.5 Å². The standard InChI is InChI=1S/C32H24ClN3O8/c1-18-23(33)12-7-13-24(18)34-30(37)27-28(35(44-29(27)31(34)38)21-10-6-11-22(17-21)36(40)41)20-14-15-25(26(16-20)42-2)43-32(39)19-8-4-3-5-9-19/h3-17,27-29H,1-2H3. The molecule has 0 spiro atoms. The van der Waals surface area contributed by atoms with Crippen LogP contribution in [0.1, 0.15) is 27.5 Å². The molecule has 4 aromatic rings. The summed E-state index contributed by atoms with van der Waals surface area (Å²) in [4.78, 5) is 58.8. The molecular formula is C32H24ClN3O8. The zero-order chi connectivity index (χ0) is 31.1. The summed E-state index contributed by atoms with van der Waals surface area (Å²) in [6.45, 7) is 1.71. The van der Waals surface area contributed by atoms with Crippen molar-refractivity contribution in [2.24, 2.45) is 5.92 Å². The summed E-state index contributed by atoms with van der Waals surface area (Å²) in [5.41, 5.74) is 1.78. The molecule has 11 nitrogen and oxygen atoms in total. The highest BCUT2D eigenvalue weighted by Gasteiger charge is 2.60. The molecule has 222 valence electrons. The number of nitrogens with zero attached hydrogens (tertiary/aromatic N) is 3. The van der Waals surface area contributed by atoms with Gasteiger partial charge in [-0.3, -0.25) is 24.5 Å². The van der Waals surface area contributed by atoms with E-state index in [-0.39, 0.29) is 22.9 Å². The number of imide groups is 1. The van der Waals surface area contributed by atoms with Crippen molar-refractivity contribution < 1.29 is 33.6 Å². The third kappa shape index (κ3) is 4.91. The van der Waals surface area contributed by atoms with Gasteiger partial charge in [0.2, 0.25) is 5.91 Å². The van der Waals surface area contributed by atoms with Gasteiger partial charge in [0, 0.05) is 17.2 Å². The average molecular weight is 614 g/mol. The molecule has 2 amide bonds. The number of nitro groups is 1. The molecule has 2 aliphatic heterocycles. The van der Waals surface area contributed by atoms with Crippen molar-refractivity contribution in [2.75, 3.05) is 17.1 Å². The number of fused-ring (bicyclic) bond motifs is 1. The molecule has 3 unspecified atom stereocenters. The van der Waals surface area contributed by atoms with Gasteiger partial charge in [0.25, 0.3) is 11.6 Å². The van der Waals surface area contributed by atoms with E-state index in [1.807, 2.05) is 0 Å². The molecule has 3 atom stereocenters. The number of anilines is 2. The number of ether oxygens (including phenoxy) is 2. The Bertz CT molecular complexity index is 1810. The van der Waals surface area contributed by atoms with Gasteiger partial charge < -0.3 is 9.47 Å². The molecule has 2 heterocycles. The summed E-state index contributed by atoms with van der Waals surface area (Å²) >= 11 is 6.31. The number of halogens is 1. The van der Waals surface area contributed by atoms with Crippen LogP contribution in [0.3, 0.4) is 0 Å². The smallest absolute Gasteiger partial charge is 0.343 e. The Hall–Kier alpha value is -5.26. The Kier molecular flexibility index (Phi) is 7.50. The number of hydrogen-bond donors (Lipinski definition) is 0. The lowest BCUT2D eigenvalue weighted by Crippen LogP contribution is -2.37. The molecule has 0 saturated carbocycles. The SMILES string of the molecule is COc1cc(C2C3C(=O)N(c4cccc(Cl)c4C)C(=O)C3ON2c2cccc([N+](=O)[O-])c2)ccc1OC(=O)c1ccccc1. The number of amides is 2.